The minimum atomic E-state index is 0. The molecule has 0 bridgehead atoms. The molecule has 1 aromatic carbocycles. The largest absolute Gasteiger partial charge is 1.00 e. The third kappa shape index (κ3) is 1.91. The minimum absolute atomic E-state index is 0. The monoisotopic (exact) mass is 370 g/mol. The van der Waals surface area contributed by atoms with Crippen LogP contribution >= 0.6 is 15.9 Å². The van der Waals surface area contributed by atoms with E-state index in [1.54, 1.807) is 7.11 Å². The molecule has 3 rings (SSSR count). The first kappa shape index (κ1) is 13.4. The Morgan fingerprint density at radius 1 is 1.33 bits per heavy atom. The van der Waals surface area contributed by atoms with Gasteiger partial charge in [-0.2, -0.15) is 0 Å². The number of fused-ring (bicyclic) bond motifs is 3. The number of methoxy groups -OCH3 is 1. The molecule has 0 fully saturated rings. The number of aryl methyl sites for hydroxylation is 1. The van der Waals surface area contributed by atoms with Gasteiger partial charge < -0.3 is 26.7 Å². The lowest BCUT2D eigenvalue weighted by atomic mass is 10.1. The van der Waals surface area contributed by atoms with Gasteiger partial charge in [-0.3, -0.25) is 0 Å². The average Bonchev–Trinajstić information content (AvgIpc) is 2.69. The summed E-state index contributed by atoms with van der Waals surface area (Å²) in [6.45, 7) is 2.06. The summed E-state index contributed by atoms with van der Waals surface area (Å²) >= 11 is 3.60. The van der Waals surface area contributed by atoms with Crippen LogP contribution in [0.3, 0.4) is 0 Å². The first-order valence-electron chi connectivity index (χ1n) is 5.37. The normalized spacial score (nSPS) is 10.6. The van der Waals surface area contributed by atoms with Gasteiger partial charge in [0.05, 0.1) is 12.6 Å². The number of rotatable bonds is 1. The van der Waals surface area contributed by atoms with E-state index in [1.807, 2.05) is 18.3 Å². The van der Waals surface area contributed by atoms with Gasteiger partial charge in [0.1, 0.15) is 11.3 Å². The standard InChI is InChI=1S/C13H11BrN2O.BrH/c1-7-13-9(3-4-15-7)12-10(14)5-8(17-2)6-11(12)16-13;/h3-6,16H,1-2H3;1H. The fourth-order valence-corrected chi connectivity index (χ4v) is 2.84. The summed E-state index contributed by atoms with van der Waals surface area (Å²) in [6.07, 6.45) is 1.96. The van der Waals surface area contributed by atoms with Crippen molar-refractivity contribution in [1.82, 2.24) is 4.98 Å². The quantitative estimate of drug-likeness (QED) is 0.653. The lowest BCUT2D eigenvalue weighted by Gasteiger charge is -2.01. The van der Waals surface area contributed by atoms with E-state index in [-0.39, 0.29) is 17.0 Å². The molecule has 0 radical (unpaired) electrons. The Hall–Kier alpha value is -1.07. The zero-order valence-electron chi connectivity index (χ0n) is 9.97. The Morgan fingerprint density at radius 3 is 2.83 bits per heavy atom. The van der Waals surface area contributed by atoms with E-state index in [2.05, 4.69) is 38.9 Å². The highest BCUT2D eigenvalue weighted by molar-refractivity contribution is 9.10. The number of halogens is 2. The summed E-state index contributed by atoms with van der Waals surface area (Å²) in [6, 6.07) is 6.08. The number of ether oxygens (including phenoxy) is 1. The van der Waals surface area contributed by atoms with Crippen molar-refractivity contribution in [2.24, 2.45) is 0 Å². The topological polar surface area (TPSA) is 39.2 Å². The number of aromatic nitrogens is 2. The predicted molar refractivity (Wildman–Crippen MR) is 71.3 cm³/mol. The van der Waals surface area contributed by atoms with E-state index in [4.69, 9.17) is 4.74 Å². The Kier molecular flexibility index (Phi) is 3.64. The summed E-state index contributed by atoms with van der Waals surface area (Å²) in [7, 11) is 1.68. The smallest absolute Gasteiger partial charge is 0.200 e. The molecule has 5 heteroatoms. The lowest BCUT2D eigenvalue weighted by Crippen LogP contribution is -3.00. The van der Waals surface area contributed by atoms with Gasteiger partial charge in [0.25, 0.3) is 0 Å². The first-order chi connectivity index (χ1) is 8.20. The molecule has 0 saturated carbocycles. The number of aromatic amines is 2. The third-order valence-corrected chi connectivity index (χ3v) is 3.65. The number of H-pyrrole nitrogens is 2. The van der Waals surface area contributed by atoms with Gasteiger partial charge in [0.15, 0.2) is 6.20 Å². The molecule has 18 heavy (non-hydrogen) atoms. The minimum Gasteiger partial charge on any atom is -1.00 e. The highest BCUT2D eigenvalue weighted by Crippen LogP contribution is 2.34. The van der Waals surface area contributed by atoms with Crippen molar-refractivity contribution in [3.8, 4) is 5.75 Å². The van der Waals surface area contributed by atoms with Crippen LogP contribution < -0.4 is 26.7 Å². The number of hydrogen-bond donors (Lipinski definition) is 1. The third-order valence-electron chi connectivity index (χ3n) is 3.02. The first-order valence-corrected chi connectivity index (χ1v) is 6.16. The molecule has 0 aliphatic heterocycles. The Labute approximate surface area is 123 Å². The molecule has 2 heterocycles. The highest BCUT2D eigenvalue weighted by atomic mass is 79.9. The molecule has 0 amide bonds. The molecule has 0 unspecified atom stereocenters. The molecule has 0 atom stereocenters. The van der Waals surface area contributed by atoms with Gasteiger partial charge in [0, 0.05) is 34.3 Å². The Bertz CT molecular complexity index is 722. The van der Waals surface area contributed by atoms with Crippen LogP contribution in [0.5, 0.6) is 5.75 Å². The molecule has 0 aliphatic carbocycles. The summed E-state index contributed by atoms with van der Waals surface area (Å²) in [5.41, 5.74) is 3.34. The maximum atomic E-state index is 5.27. The summed E-state index contributed by atoms with van der Waals surface area (Å²) in [4.78, 5) is 6.63. The average molecular weight is 372 g/mol. The second-order valence-corrected chi connectivity index (χ2v) is 4.90. The van der Waals surface area contributed by atoms with Crippen molar-refractivity contribution in [2.75, 3.05) is 7.11 Å². The molecule has 2 aromatic heterocycles. The predicted octanol–water partition coefficient (Wildman–Crippen LogP) is 0.219. The summed E-state index contributed by atoms with van der Waals surface area (Å²) in [5, 5.41) is 2.41. The van der Waals surface area contributed by atoms with Crippen LogP contribution in [-0.2, 0) is 0 Å². The van der Waals surface area contributed by atoms with Crippen LogP contribution in [-0.4, -0.2) is 12.1 Å². The number of pyridine rings is 1. The molecule has 0 saturated heterocycles. The van der Waals surface area contributed by atoms with Gasteiger partial charge >= 0.3 is 0 Å². The van der Waals surface area contributed by atoms with E-state index >= 15 is 0 Å². The van der Waals surface area contributed by atoms with Crippen molar-refractivity contribution in [1.29, 1.82) is 0 Å². The Balaban J connectivity index is 0.00000120. The summed E-state index contributed by atoms with van der Waals surface area (Å²) < 4.78 is 6.32. The number of benzene rings is 1. The zero-order chi connectivity index (χ0) is 12.0. The fraction of sp³-hybridized carbons (Fsp3) is 0.154. The fourth-order valence-electron chi connectivity index (χ4n) is 2.18. The molecule has 0 aliphatic rings. The molecular weight excluding hydrogens is 360 g/mol. The van der Waals surface area contributed by atoms with Crippen molar-refractivity contribution in [3.05, 3.63) is 34.6 Å². The van der Waals surface area contributed by atoms with E-state index in [9.17, 15) is 0 Å². The van der Waals surface area contributed by atoms with Crippen molar-refractivity contribution >= 4 is 37.7 Å². The highest BCUT2D eigenvalue weighted by Gasteiger charge is 2.13. The maximum absolute atomic E-state index is 5.27. The van der Waals surface area contributed by atoms with Gasteiger partial charge in [-0.05, 0) is 22.0 Å². The summed E-state index contributed by atoms with van der Waals surface area (Å²) in [5.74, 6) is 0.845. The van der Waals surface area contributed by atoms with Gasteiger partial charge in [0.2, 0.25) is 5.69 Å². The van der Waals surface area contributed by atoms with E-state index in [0.29, 0.717) is 0 Å². The molecule has 3 nitrogen and oxygen atoms in total. The van der Waals surface area contributed by atoms with Gasteiger partial charge in [-0.15, -0.1) is 0 Å². The molecular formula is C13H12Br2N2O. The number of hydrogen-bond acceptors (Lipinski definition) is 1. The lowest BCUT2D eigenvalue weighted by molar-refractivity contribution is -0.385. The maximum Gasteiger partial charge on any atom is 0.200 e. The van der Waals surface area contributed by atoms with Crippen LogP contribution in [0.25, 0.3) is 21.8 Å². The second-order valence-electron chi connectivity index (χ2n) is 4.05. The van der Waals surface area contributed by atoms with Crippen molar-refractivity contribution < 1.29 is 26.7 Å². The van der Waals surface area contributed by atoms with Gasteiger partial charge in [-0.1, -0.05) is 0 Å². The van der Waals surface area contributed by atoms with Crippen LogP contribution in [0.1, 0.15) is 5.69 Å². The second kappa shape index (κ2) is 4.90. The van der Waals surface area contributed by atoms with E-state index < -0.39 is 0 Å². The zero-order valence-corrected chi connectivity index (χ0v) is 13.1. The van der Waals surface area contributed by atoms with E-state index in [0.717, 1.165) is 26.9 Å². The van der Waals surface area contributed by atoms with Crippen LogP contribution in [0.15, 0.2) is 28.9 Å². The van der Waals surface area contributed by atoms with Crippen LogP contribution in [0.2, 0.25) is 0 Å². The van der Waals surface area contributed by atoms with Crippen LogP contribution in [0.4, 0.5) is 0 Å². The van der Waals surface area contributed by atoms with Gasteiger partial charge in [-0.25, -0.2) is 4.98 Å². The Morgan fingerprint density at radius 2 is 2.11 bits per heavy atom. The molecule has 94 valence electrons. The van der Waals surface area contributed by atoms with Crippen molar-refractivity contribution in [3.63, 3.8) is 0 Å². The van der Waals surface area contributed by atoms with Crippen molar-refractivity contribution in [2.45, 2.75) is 6.92 Å². The molecule has 2 N–H and O–H groups in total. The number of nitrogens with one attached hydrogen (secondary N) is 2. The molecule has 0 spiro atoms. The SMILES string of the molecule is COc1cc(Br)c2c(c1)[nH]c1c(C)[nH+]ccc12.[Br-]. The van der Waals surface area contributed by atoms with E-state index in [1.165, 1.54) is 10.8 Å². The molecule has 3 aromatic rings. The van der Waals surface area contributed by atoms with Crippen LogP contribution in [0, 0.1) is 6.92 Å².